The average Bonchev–Trinajstić information content (AvgIpc) is 2.67. The summed E-state index contributed by atoms with van der Waals surface area (Å²) in [6, 6.07) is 6.27. The van der Waals surface area contributed by atoms with Gasteiger partial charge in [-0.05, 0) is 32.8 Å². The van der Waals surface area contributed by atoms with Crippen molar-refractivity contribution < 1.29 is 9.90 Å². The number of carboxylic acids is 1. The quantitative estimate of drug-likeness (QED) is 0.924. The molecule has 19 heavy (non-hydrogen) atoms. The Bertz CT molecular complexity index is 617. The van der Waals surface area contributed by atoms with E-state index in [4.69, 9.17) is 5.11 Å². The van der Waals surface area contributed by atoms with Gasteiger partial charge in [0.2, 0.25) is 0 Å². The van der Waals surface area contributed by atoms with Gasteiger partial charge in [0, 0.05) is 10.4 Å². The molecule has 0 aliphatic carbocycles. The third-order valence-corrected chi connectivity index (χ3v) is 4.04. The summed E-state index contributed by atoms with van der Waals surface area (Å²) >= 11 is 1.59. The maximum atomic E-state index is 10.7. The molecule has 0 radical (unpaired) electrons. The number of aromatic nitrogens is 1. The van der Waals surface area contributed by atoms with Gasteiger partial charge in [0.05, 0.1) is 17.1 Å². The van der Waals surface area contributed by atoms with E-state index in [0.29, 0.717) is 6.42 Å². The van der Waals surface area contributed by atoms with Crippen molar-refractivity contribution >= 4 is 17.3 Å². The monoisotopic (exact) mass is 275 g/mol. The van der Waals surface area contributed by atoms with Gasteiger partial charge < -0.3 is 5.11 Å². The molecule has 0 aliphatic rings. The normalized spacial score (nSPS) is 10.7. The topological polar surface area (TPSA) is 50.2 Å². The number of hydrogen-bond acceptors (Lipinski definition) is 3. The molecule has 1 heterocycles. The van der Waals surface area contributed by atoms with E-state index >= 15 is 0 Å². The highest BCUT2D eigenvalue weighted by Gasteiger charge is 2.14. The Morgan fingerprint density at radius 3 is 2.68 bits per heavy atom. The van der Waals surface area contributed by atoms with E-state index in [1.807, 2.05) is 6.92 Å². The van der Waals surface area contributed by atoms with Gasteiger partial charge in [0.1, 0.15) is 0 Å². The zero-order chi connectivity index (χ0) is 14.0. The third kappa shape index (κ3) is 3.20. The van der Waals surface area contributed by atoms with E-state index < -0.39 is 5.97 Å². The zero-order valence-electron chi connectivity index (χ0n) is 11.4. The van der Waals surface area contributed by atoms with Gasteiger partial charge >= 0.3 is 5.97 Å². The fourth-order valence-corrected chi connectivity index (χ4v) is 3.10. The molecule has 4 heteroatoms. The number of thiazole rings is 1. The highest BCUT2D eigenvalue weighted by Crippen LogP contribution is 2.31. The predicted molar refractivity (Wildman–Crippen MR) is 77.7 cm³/mol. The molecular formula is C15H17NO2S. The third-order valence-electron chi connectivity index (χ3n) is 3.01. The second kappa shape index (κ2) is 5.53. The van der Waals surface area contributed by atoms with Crippen LogP contribution in [0, 0.1) is 20.8 Å². The van der Waals surface area contributed by atoms with Crippen LogP contribution < -0.4 is 0 Å². The minimum absolute atomic E-state index is 0.152. The number of rotatable bonds is 4. The Morgan fingerprint density at radius 2 is 2.05 bits per heavy atom. The number of nitrogens with zero attached hydrogens (tertiary/aromatic N) is 1. The van der Waals surface area contributed by atoms with Gasteiger partial charge in [-0.25, -0.2) is 4.98 Å². The molecule has 0 atom stereocenters. The van der Waals surface area contributed by atoms with E-state index in [1.54, 1.807) is 11.3 Å². The second-order valence-corrected chi connectivity index (χ2v) is 6.00. The molecule has 0 unspecified atom stereocenters. The van der Waals surface area contributed by atoms with Crippen molar-refractivity contribution in [2.75, 3.05) is 0 Å². The molecule has 0 spiro atoms. The number of hydrogen-bond donors (Lipinski definition) is 1. The first kappa shape index (κ1) is 13.7. The fourth-order valence-electron chi connectivity index (χ4n) is 2.15. The molecule has 0 saturated carbocycles. The first-order valence-electron chi connectivity index (χ1n) is 6.23. The zero-order valence-corrected chi connectivity index (χ0v) is 12.2. The average molecular weight is 275 g/mol. The van der Waals surface area contributed by atoms with Gasteiger partial charge in [0.15, 0.2) is 0 Å². The van der Waals surface area contributed by atoms with Crippen molar-refractivity contribution in [1.82, 2.24) is 4.98 Å². The van der Waals surface area contributed by atoms with Crippen molar-refractivity contribution in [2.45, 2.75) is 33.6 Å². The summed E-state index contributed by atoms with van der Waals surface area (Å²) in [6.45, 7) is 6.09. The van der Waals surface area contributed by atoms with Crippen molar-refractivity contribution in [1.29, 1.82) is 0 Å². The lowest BCUT2D eigenvalue weighted by Crippen LogP contribution is -1.97. The van der Waals surface area contributed by atoms with Crippen LogP contribution >= 0.6 is 11.3 Å². The molecule has 3 nitrogen and oxygen atoms in total. The molecule has 1 N–H and O–H groups in total. The van der Waals surface area contributed by atoms with Crippen LogP contribution in [0.4, 0.5) is 0 Å². The second-order valence-electron chi connectivity index (χ2n) is 4.72. The van der Waals surface area contributed by atoms with Gasteiger partial charge in [-0.3, -0.25) is 4.79 Å². The first-order valence-corrected chi connectivity index (χ1v) is 7.04. The maximum Gasteiger partial charge on any atom is 0.303 e. The van der Waals surface area contributed by atoms with E-state index in [0.717, 1.165) is 21.1 Å². The fraction of sp³-hybridized carbons (Fsp3) is 0.333. The van der Waals surface area contributed by atoms with Crippen LogP contribution in [0.1, 0.15) is 27.4 Å². The van der Waals surface area contributed by atoms with Crippen LogP contribution in [0.5, 0.6) is 0 Å². The number of aliphatic carboxylic acids is 1. The van der Waals surface area contributed by atoms with Crippen LogP contribution in [-0.4, -0.2) is 16.1 Å². The number of carboxylic acid groups (broad SMARTS) is 1. The summed E-state index contributed by atoms with van der Waals surface area (Å²) in [7, 11) is 0. The Labute approximate surface area is 116 Å². The van der Waals surface area contributed by atoms with Gasteiger partial charge in [-0.2, -0.15) is 0 Å². The minimum Gasteiger partial charge on any atom is -0.481 e. The van der Waals surface area contributed by atoms with E-state index in [-0.39, 0.29) is 6.42 Å². The summed E-state index contributed by atoms with van der Waals surface area (Å²) in [5, 5.41) is 9.80. The van der Waals surface area contributed by atoms with Crippen LogP contribution in [0.3, 0.4) is 0 Å². The number of carbonyl (C=O) groups is 1. The largest absolute Gasteiger partial charge is 0.481 e. The van der Waals surface area contributed by atoms with Gasteiger partial charge in [-0.15, -0.1) is 11.3 Å². The summed E-state index contributed by atoms with van der Waals surface area (Å²) in [5.41, 5.74) is 4.46. The lowest BCUT2D eigenvalue weighted by molar-refractivity contribution is -0.136. The van der Waals surface area contributed by atoms with E-state index in [2.05, 4.69) is 37.0 Å². The molecule has 0 aliphatic heterocycles. The molecule has 0 fully saturated rings. The number of aryl methyl sites for hydroxylation is 4. The number of benzene rings is 1. The highest BCUT2D eigenvalue weighted by molar-refractivity contribution is 7.12. The highest BCUT2D eigenvalue weighted by atomic mass is 32.1. The lowest BCUT2D eigenvalue weighted by Gasteiger charge is -2.06. The van der Waals surface area contributed by atoms with Gasteiger partial charge in [0.25, 0.3) is 0 Å². The molecular weight excluding hydrogens is 258 g/mol. The Morgan fingerprint density at radius 1 is 1.32 bits per heavy atom. The van der Waals surface area contributed by atoms with Crippen LogP contribution in [0.2, 0.25) is 0 Å². The lowest BCUT2D eigenvalue weighted by atomic mass is 10.0. The molecule has 0 bridgehead atoms. The van der Waals surface area contributed by atoms with Crippen molar-refractivity contribution in [3.8, 4) is 11.3 Å². The van der Waals surface area contributed by atoms with E-state index in [1.165, 1.54) is 11.1 Å². The summed E-state index contributed by atoms with van der Waals surface area (Å²) in [4.78, 5) is 16.4. The molecule has 2 rings (SSSR count). The smallest absolute Gasteiger partial charge is 0.303 e. The maximum absolute atomic E-state index is 10.7. The SMILES string of the molecule is Cc1ccc(-c2nc(C)sc2CCC(=O)O)c(C)c1. The van der Waals surface area contributed by atoms with Crippen LogP contribution in [0.15, 0.2) is 18.2 Å². The van der Waals surface area contributed by atoms with Crippen LogP contribution in [0.25, 0.3) is 11.3 Å². The van der Waals surface area contributed by atoms with Crippen molar-refractivity contribution in [2.24, 2.45) is 0 Å². The molecule has 1 aromatic carbocycles. The molecule has 2 aromatic rings. The van der Waals surface area contributed by atoms with Crippen molar-refractivity contribution in [3.63, 3.8) is 0 Å². The van der Waals surface area contributed by atoms with Crippen LogP contribution in [-0.2, 0) is 11.2 Å². The summed E-state index contributed by atoms with van der Waals surface area (Å²) < 4.78 is 0. The Hall–Kier alpha value is -1.68. The molecule has 0 amide bonds. The van der Waals surface area contributed by atoms with Gasteiger partial charge in [-0.1, -0.05) is 23.8 Å². The summed E-state index contributed by atoms with van der Waals surface area (Å²) in [5.74, 6) is -0.766. The molecule has 0 saturated heterocycles. The summed E-state index contributed by atoms with van der Waals surface area (Å²) in [6.07, 6.45) is 0.697. The first-order chi connectivity index (χ1) is 8.97. The minimum atomic E-state index is -0.766. The Kier molecular flexibility index (Phi) is 4.00. The predicted octanol–water partition coefficient (Wildman–Crippen LogP) is 3.75. The standard InChI is InChI=1S/C15H17NO2S/c1-9-4-5-12(10(2)8-9)15-13(6-7-14(17)18)19-11(3)16-15/h4-5,8H,6-7H2,1-3H3,(H,17,18). The Balaban J connectivity index is 2.40. The van der Waals surface area contributed by atoms with Crippen molar-refractivity contribution in [3.05, 3.63) is 39.2 Å². The molecule has 1 aromatic heterocycles. The molecule has 100 valence electrons. The van der Waals surface area contributed by atoms with E-state index in [9.17, 15) is 4.79 Å².